The van der Waals surface area contributed by atoms with Gasteiger partial charge >= 0.3 is 0 Å². The highest BCUT2D eigenvalue weighted by molar-refractivity contribution is 5.98. The SMILES string of the molecule is Cc1ccccc1C(=O)N1CCC([C@H](NC(=O)c2ccc3c(c2)OCO3)C(=O)N2CCCC2)CC1. The molecule has 2 aromatic rings. The largest absolute Gasteiger partial charge is 0.454 e. The van der Waals surface area contributed by atoms with E-state index in [9.17, 15) is 14.4 Å². The maximum atomic E-state index is 13.5. The van der Waals surface area contributed by atoms with E-state index in [-0.39, 0.29) is 30.4 Å². The molecule has 3 aliphatic heterocycles. The van der Waals surface area contributed by atoms with Crippen LogP contribution in [0.3, 0.4) is 0 Å². The van der Waals surface area contributed by atoms with Crippen molar-refractivity contribution >= 4 is 17.7 Å². The van der Waals surface area contributed by atoms with Gasteiger partial charge in [0.05, 0.1) is 0 Å². The zero-order valence-corrected chi connectivity index (χ0v) is 20.0. The van der Waals surface area contributed by atoms with Crippen molar-refractivity contribution in [1.82, 2.24) is 15.1 Å². The third-order valence-electron chi connectivity index (χ3n) is 7.28. The number of carbonyl (C=O) groups excluding carboxylic acids is 3. The fraction of sp³-hybridized carbons (Fsp3) is 0.444. The maximum Gasteiger partial charge on any atom is 0.254 e. The molecule has 8 heteroatoms. The van der Waals surface area contributed by atoms with E-state index in [4.69, 9.17) is 9.47 Å². The second-order valence-electron chi connectivity index (χ2n) is 9.50. The molecular weight excluding hydrogens is 446 g/mol. The molecule has 3 heterocycles. The van der Waals surface area contributed by atoms with E-state index >= 15 is 0 Å². The molecular formula is C27H31N3O5. The summed E-state index contributed by atoms with van der Waals surface area (Å²) in [5.41, 5.74) is 2.10. The highest BCUT2D eigenvalue weighted by Crippen LogP contribution is 2.33. The molecule has 3 aliphatic rings. The standard InChI is InChI=1S/C27H31N3O5/c1-18-6-2-3-7-21(18)26(32)30-14-10-19(11-15-30)24(27(33)29-12-4-5-13-29)28-25(31)20-8-9-22-23(16-20)35-17-34-22/h2-3,6-9,16,19,24H,4-5,10-15,17H2,1H3,(H,28,31)/t24-/m0/s1. The van der Waals surface area contributed by atoms with Crippen LogP contribution in [0.2, 0.25) is 0 Å². The van der Waals surface area contributed by atoms with Crippen LogP contribution in [-0.4, -0.2) is 66.5 Å². The van der Waals surface area contributed by atoms with Gasteiger partial charge in [0.15, 0.2) is 11.5 Å². The summed E-state index contributed by atoms with van der Waals surface area (Å²) < 4.78 is 10.7. The van der Waals surface area contributed by atoms with Crippen molar-refractivity contribution in [3.63, 3.8) is 0 Å². The lowest BCUT2D eigenvalue weighted by molar-refractivity contribution is -0.134. The molecule has 0 bridgehead atoms. The zero-order chi connectivity index (χ0) is 24.4. The van der Waals surface area contributed by atoms with Crippen molar-refractivity contribution < 1.29 is 23.9 Å². The normalized spacial score (nSPS) is 18.4. The van der Waals surface area contributed by atoms with Gasteiger partial charge in [-0.2, -0.15) is 0 Å². The molecule has 0 radical (unpaired) electrons. The van der Waals surface area contributed by atoms with Crippen molar-refractivity contribution in [2.24, 2.45) is 5.92 Å². The number of ether oxygens (including phenoxy) is 2. The monoisotopic (exact) mass is 477 g/mol. The smallest absolute Gasteiger partial charge is 0.254 e. The number of fused-ring (bicyclic) bond motifs is 1. The van der Waals surface area contributed by atoms with E-state index in [2.05, 4.69) is 5.32 Å². The number of likely N-dealkylation sites (tertiary alicyclic amines) is 2. The Morgan fingerprint density at radius 1 is 0.914 bits per heavy atom. The van der Waals surface area contributed by atoms with Crippen molar-refractivity contribution in [2.75, 3.05) is 33.0 Å². The summed E-state index contributed by atoms with van der Waals surface area (Å²) in [5, 5.41) is 3.03. The van der Waals surface area contributed by atoms with Crippen LogP contribution >= 0.6 is 0 Å². The number of nitrogens with one attached hydrogen (secondary N) is 1. The molecule has 3 amide bonds. The second-order valence-corrected chi connectivity index (χ2v) is 9.50. The number of hydrogen-bond acceptors (Lipinski definition) is 5. The third kappa shape index (κ3) is 4.83. The molecule has 0 spiro atoms. The van der Waals surface area contributed by atoms with Crippen LogP contribution in [0, 0.1) is 12.8 Å². The van der Waals surface area contributed by atoms with E-state index < -0.39 is 6.04 Å². The summed E-state index contributed by atoms with van der Waals surface area (Å²) in [6, 6.07) is 12.0. The lowest BCUT2D eigenvalue weighted by Gasteiger charge is -2.37. The average Bonchev–Trinajstić information content (AvgIpc) is 3.59. The van der Waals surface area contributed by atoms with Gasteiger partial charge in [0.2, 0.25) is 12.7 Å². The quantitative estimate of drug-likeness (QED) is 0.715. The van der Waals surface area contributed by atoms with Crippen molar-refractivity contribution in [2.45, 2.75) is 38.6 Å². The van der Waals surface area contributed by atoms with Gasteiger partial charge in [-0.3, -0.25) is 14.4 Å². The van der Waals surface area contributed by atoms with E-state index in [1.54, 1.807) is 18.2 Å². The topological polar surface area (TPSA) is 88.2 Å². The van der Waals surface area contributed by atoms with Crippen LogP contribution in [0.15, 0.2) is 42.5 Å². The van der Waals surface area contributed by atoms with Crippen LogP contribution in [0.1, 0.15) is 52.0 Å². The lowest BCUT2D eigenvalue weighted by Crippen LogP contribution is -2.54. The number of benzene rings is 2. The molecule has 1 N–H and O–H groups in total. The highest BCUT2D eigenvalue weighted by atomic mass is 16.7. The first kappa shape index (κ1) is 23.2. The van der Waals surface area contributed by atoms with Gasteiger partial charge in [0.25, 0.3) is 11.8 Å². The molecule has 2 aromatic carbocycles. The summed E-state index contributed by atoms with van der Waals surface area (Å²) in [5.74, 6) is 0.787. The van der Waals surface area contributed by atoms with Crippen LogP contribution in [0.5, 0.6) is 11.5 Å². The van der Waals surface area contributed by atoms with Gasteiger partial charge in [0.1, 0.15) is 6.04 Å². The Morgan fingerprint density at radius 2 is 1.63 bits per heavy atom. The molecule has 0 unspecified atom stereocenters. The number of rotatable bonds is 5. The van der Waals surface area contributed by atoms with Crippen LogP contribution in [0.25, 0.3) is 0 Å². The molecule has 0 saturated carbocycles. The second kappa shape index (κ2) is 9.98. The van der Waals surface area contributed by atoms with E-state index in [1.165, 1.54) is 0 Å². The number of amides is 3. The molecule has 35 heavy (non-hydrogen) atoms. The zero-order valence-electron chi connectivity index (χ0n) is 20.0. The molecule has 2 saturated heterocycles. The Bertz CT molecular complexity index is 1120. The van der Waals surface area contributed by atoms with E-state index in [1.807, 2.05) is 41.0 Å². The number of nitrogens with zero attached hydrogens (tertiary/aromatic N) is 2. The van der Waals surface area contributed by atoms with Gasteiger partial charge in [0, 0.05) is 37.3 Å². The van der Waals surface area contributed by atoms with Gasteiger partial charge in [-0.15, -0.1) is 0 Å². The van der Waals surface area contributed by atoms with Crippen LogP contribution in [-0.2, 0) is 4.79 Å². The summed E-state index contributed by atoms with van der Waals surface area (Å²) >= 11 is 0. The Balaban J connectivity index is 1.29. The first-order valence-corrected chi connectivity index (χ1v) is 12.4. The molecule has 0 aromatic heterocycles. The fourth-order valence-electron chi connectivity index (χ4n) is 5.20. The van der Waals surface area contributed by atoms with Gasteiger partial charge < -0.3 is 24.6 Å². The minimum absolute atomic E-state index is 0.0216. The fourth-order valence-corrected chi connectivity index (χ4v) is 5.20. The van der Waals surface area contributed by atoms with Crippen LogP contribution in [0.4, 0.5) is 0 Å². The summed E-state index contributed by atoms with van der Waals surface area (Å²) in [6.07, 6.45) is 3.28. The summed E-state index contributed by atoms with van der Waals surface area (Å²) in [7, 11) is 0. The Morgan fingerprint density at radius 3 is 2.37 bits per heavy atom. The van der Waals surface area contributed by atoms with E-state index in [0.717, 1.165) is 31.5 Å². The molecule has 8 nitrogen and oxygen atoms in total. The number of carbonyl (C=O) groups is 3. The van der Waals surface area contributed by atoms with Gasteiger partial charge in [-0.1, -0.05) is 18.2 Å². The van der Waals surface area contributed by atoms with E-state index in [0.29, 0.717) is 48.6 Å². The van der Waals surface area contributed by atoms with Crippen molar-refractivity contribution in [3.05, 3.63) is 59.2 Å². The summed E-state index contributed by atoms with van der Waals surface area (Å²) in [4.78, 5) is 43.4. The molecule has 5 rings (SSSR count). The van der Waals surface area contributed by atoms with Crippen molar-refractivity contribution in [1.29, 1.82) is 0 Å². The number of piperidine rings is 1. The number of hydrogen-bond donors (Lipinski definition) is 1. The Hall–Kier alpha value is -3.55. The first-order valence-electron chi connectivity index (χ1n) is 12.4. The Kier molecular flexibility index (Phi) is 6.61. The molecule has 1 atom stereocenters. The van der Waals surface area contributed by atoms with Crippen LogP contribution < -0.4 is 14.8 Å². The average molecular weight is 478 g/mol. The van der Waals surface area contributed by atoms with Crippen molar-refractivity contribution in [3.8, 4) is 11.5 Å². The van der Waals surface area contributed by atoms with Gasteiger partial charge in [-0.05, 0) is 68.4 Å². The predicted octanol–water partition coefficient (Wildman–Crippen LogP) is 3.00. The maximum absolute atomic E-state index is 13.5. The van der Waals surface area contributed by atoms with Gasteiger partial charge in [-0.25, -0.2) is 0 Å². The number of aryl methyl sites for hydroxylation is 1. The Labute approximate surface area is 205 Å². The first-order chi connectivity index (χ1) is 17.0. The predicted molar refractivity (Wildman–Crippen MR) is 129 cm³/mol. The molecule has 2 fully saturated rings. The minimum atomic E-state index is -0.623. The summed E-state index contributed by atoms with van der Waals surface area (Å²) in [6.45, 7) is 4.63. The molecule has 0 aliphatic carbocycles. The minimum Gasteiger partial charge on any atom is -0.454 e. The third-order valence-corrected chi connectivity index (χ3v) is 7.28. The lowest BCUT2D eigenvalue weighted by atomic mass is 9.87. The highest BCUT2D eigenvalue weighted by Gasteiger charge is 2.37. The molecule has 184 valence electrons.